The van der Waals surface area contributed by atoms with Crippen LogP contribution >= 0.6 is 11.8 Å². The lowest BCUT2D eigenvalue weighted by atomic mass is 10.2. The largest absolute Gasteiger partial charge is 0.390 e. The van der Waals surface area contributed by atoms with Gasteiger partial charge in [-0.05, 0) is 18.4 Å². The first-order valence-electron chi connectivity index (χ1n) is 6.69. The topological polar surface area (TPSA) is 38.7 Å². The van der Waals surface area contributed by atoms with Crippen molar-refractivity contribution in [2.75, 3.05) is 32.7 Å². The highest BCUT2D eigenvalue weighted by atomic mass is 32.2. The van der Waals surface area contributed by atoms with Crippen LogP contribution in [-0.2, 0) is 15.2 Å². The monoisotopic (exact) mass is 284 g/mol. The van der Waals surface area contributed by atoms with Crippen LogP contribution in [0.25, 0.3) is 0 Å². The number of ether oxygens (including phenoxy) is 2. The van der Waals surface area contributed by atoms with Crippen LogP contribution in [0.1, 0.15) is 18.4 Å². The van der Waals surface area contributed by atoms with Gasteiger partial charge < -0.3 is 14.6 Å². The Balaban J connectivity index is 1.94. The van der Waals surface area contributed by atoms with E-state index in [1.807, 2.05) is 18.2 Å². The molecule has 0 heterocycles. The van der Waals surface area contributed by atoms with Crippen LogP contribution < -0.4 is 0 Å². The SMILES string of the molecule is COCCCCOCC(O)CSCc1ccccc1. The summed E-state index contributed by atoms with van der Waals surface area (Å²) in [5.74, 6) is 1.65. The molecule has 0 saturated carbocycles. The fraction of sp³-hybridized carbons (Fsp3) is 0.600. The first-order valence-corrected chi connectivity index (χ1v) is 7.85. The number of benzene rings is 1. The quantitative estimate of drug-likeness (QED) is 0.634. The van der Waals surface area contributed by atoms with E-state index in [0.717, 1.165) is 25.2 Å². The molecule has 1 atom stereocenters. The minimum Gasteiger partial charge on any atom is -0.390 e. The maximum absolute atomic E-state index is 9.76. The fourth-order valence-electron chi connectivity index (χ4n) is 1.61. The summed E-state index contributed by atoms with van der Waals surface area (Å²) in [6.45, 7) is 1.90. The molecule has 1 N–H and O–H groups in total. The van der Waals surface area contributed by atoms with Crippen LogP contribution in [-0.4, -0.2) is 43.9 Å². The van der Waals surface area contributed by atoms with Gasteiger partial charge in [-0.1, -0.05) is 30.3 Å². The van der Waals surface area contributed by atoms with Gasteiger partial charge in [-0.2, -0.15) is 11.8 Å². The minimum atomic E-state index is -0.379. The van der Waals surface area contributed by atoms with Crippen LogP contribution in [0.4, 0.5) is 0 Å². The predicted octanol–water partition coefficient (Wildman–Crippen LogP) is 2.72. The van der Waals surface area contributed by atoms with Crippen molar-refractivity contribution in [3.63, 3.8) is 0 Å². The third-order valence-corrected chi connectivity index (χ3v) is 3.78. The van der Waals surface area contributed by atoms with Gasteiger partial charge in [0.2, 0.25) is 0 Å². The zero-order chi connectivity index (χ0) is 13.8. The lowest BCUT2D eigenvalue weighted by molar-refractivity contribution is 0.0446. The van der Waals surface area contributed by atoms with Gasteiger partial charge in [-0.15, -0.1) is 0 Å². The first kappa shape index (κ1) is 16.5. The number of unbranched alkanes of at least 4 members (excludes halogenated alkanes) is 1. The van der Waals surface area contributed by atoms with Crippen LogP contribution in [0.5, 0.6) is 0 Å². The Kier molecular flexibility index (Phi) is 9.81. The molecule has 0 amide bonds. The Hall–Kier alpha value is -0.550. The second kappa shape index (κ2) is 11.3. The average molecular weight is 284 g/mol. The van der Waals surface area contributed by atoms with Gasteiger partial charge in [0.15, 0.2) is 0 Å². The predicted molar refractivity (Wildman–Crippen MR) is 80.5 cm³/mol. The van der Waals surface area contributed by atoms with Crippen molar-refractivity contribution in [3.8, 4) is 0 Å². The molecule has 0 radical (unpaired) electrons. The van der Waals surface area contributed by atoms with Gasteiger partial charge in [0, 0.05) is 31.8 Å². The molecule has 0 fully saturated rings. The van der Waals surface area contributed by atoms with E-state index in [2.05, 4.69) is 12.1 Å². The number of aliphatic hydroxyl groups excluding tert-OH is 1. The Morgan fingerprint density at radius 3 is 2.63 bits per heavy atom. The third kappa shape index (κ3) is 9.05. The lowest BCUT2D eigenvalue weighted by Gasteiger charge is -2.11. The zero-order valence-corrected chi connectivity index (χ0v) is 12.4. The highest BCUT2D eigenvalue weighted by molar-refractivity contribution is 7.98. The minimum absolute atomic E-state index is 0.379. The average Bonchev–Trinajstić information content (AvgIpc) is 2.44. The van der Waals surface area contributed by atoms with Crippen molar-refractivity contribution in [1.29, 1.82) is 0 Å². The molecular formula is C15H24O3S. The van der Waals surface area contributed by atoms with E-state index in [1.54, 1.807) is 18.9 Å². The summed E-state index contributed by atoms with van der Waals surface area (Å²) in [4.78, 5) is 0. The molecule has 19 heavy (non-hydrogen) atoms. The number of rotatable bonds is 11. The normalized spacial score (nSPS) is 12.5. The van der Waals surface area contributed by atoms with Gasteiger partial charge in [0.1, 0.15) is 0 Å². The molecule has 0 aliphatic carbocycles. The maximum Gasteiger partial charge on any atom is 0.0863 e. The van der Waals surface area contributed by atoms with E-state index < -0.39 is 0 Å². The smallest absolute Gasteiger partial charge is 0.0863 e. The summed E-state index contributed by atoms with van der Waals surface area (Å²) < 4.78 is 10.4. The molecule has 0 saturated heterocycles. The van der Waals surface area contributed by atoms with Crippen molar-refractivity contribution in [1.82, 2.24) is 0 Å². The molecule has 4 heteroatoms. The van der Waals surface area contributed by atoms with E-state index in [9.17, 15) is 5.11 Å². The van der Waals surface area contributed by atoms with Gasteiger partial charge >= 0.3 is 0 Å². The van der Waals surface area contributed by atoms with Gasteiger partial charge in [-0.25, -0.2) is 0 Å². The summed E-state index contributed by atoms with van der Waals surface area (Å²) in [7, 11) is 1.70. The molecule has 1 aromatic carbocycles. The van der Waals surface area contributed by atoms with Crippen LogP contribution in [0, 0.1) is 0 Å². The summed E-state index contributed by atoms with van der Waals surface area (Å²) in [5, 5.41) is 9.76. The summed E-state index contributed by atoms with van der Waals surface area (Å²) >= 11 is 1.74. The van der Waals surface area contributed by atoms with E-state index >= 15 is 0 Å². The summed E-state index contributed by atoms with van der Waals surface area (Å²) in [6.07, 6.45) is 1.61. The number of thioether (sulfide) groups is 1. The lowest BCUT2D eigenvalue weighted by Crippen LogP contribution is -2.18. The number of methoxy groups -OCH3 is 1. The molecule has 0 aromatic heterocycles. The maximum atomic E-state index is 9.76. The summed E-state index contributed by atoms with van der Waals surface area (Å²) in [6, 6.07) is 10.3. The summed E-state index contributed by atoms with van der Waals surface area (Å²) in [5.41, 5.74) is 1.29. The molecule has 0 aliphatic rings. The van der Waals surface area contributed by atoms with Gasteiger partial charge in [0.05, 0.1) is 12.7 Å². The molecular weight excluding hydrogens is 260 g/mol. The standard InChI is InChI=1S/C15H24O3S/c1-17-9-5-6-10-18-11-15(16)13-19-12-14-7-3-2-4-8-14/h2-4,7-8,15-16H,5-6,9-13H2,1H3. The van der Waals surface area contributed by atoms with Crippen LogP contribution in [0.15, 0.2) is 30.3 Å². The second-order valence-electron chi connectivity index (χ2n) is 4.43. The van der Waals surface area contributed by atoms with E-state index in [0.29, 0.717) is 19.0 Å². The Bertz CT molecular complexity index is 306. The fourth-order valence-corrected chi connectivity index (χ4v) is 2.52. The molecule has 0 spiro atoms. The highest BCUT2D eigenvalue weighted by Gasteiger charge is 2.04. The molecule has 3 nitrogen and oxygen atoms in total. The number of aliphatic hydroxyl groups is 1. The van der Waals surface area contributed by atoms with Gasteiger partial charge in [-0.3, -0.25) is 0 Å². The highest BCUT2D eigenvalue weighted by Crippen LogP contribution is 2.12. The zero-order valence-electron chi connectivity index (χ0n) is 11.6. The first-order chi connectivity index (χ1) is 9.33. The Morgan fingerprint density at radius 1 is 1.16 bits per heavy atom. The van der Waals surface area contributed by atoms with Crippen molar-refractivity contribution >= 4 is 11.8 Å². The van der Waals surface area contributed by atoms with Crippen LogP contribution in [0.3, 0.4) is 0 Å². The van der Waals surface area contributed by atoms with Crippen molar-refractivity contribution in [2.45, 2.75) is 24.7 Å². The van der Waals surface area contributed by atoms with Crippen molar-refractivity contribution < 1.29 is 14.6 Å². The molecule has 0 aliphatic heterocycles. The molecule has 1 aromatic rings. The van der Waals surface area contributed by atoms with E-state index in [4.69, 9.17) is 9.47 Å². The third-order valence-electron chi connectivity index (χ3n) is 2.62. The Morgan fingerprint density at radius 2 is 1.89 bits per heavy atom. The van der Waals surface area contributed by atoms with Crippen molar-refractivity contribution in [2.24, 2.45) is 0 Å². The molecule has 1 unspecified atom stereocenters. The number of hydrogen-bond acceptors (Lipinski definition) is 4. The molecule has 108 valence electrons. The van der Waals surface area contributed by atoms with Crippen LogP contribution in [0.2, 0.25) is 0 Å². The number of hydrogen-bond donors (Lipinski definition) is 1. The Labute approximate surface area is 120 Å². The molecule has 0 bridgehead atoms. The van der Waals surface area contributed by atoms with E-state index in [1.165, 1.54) is 5.56 Å². The van der Waals surface area contributed by atoms with Gasteiger partial charge in [0.25, 0.3) is 0 Å². The second-order valence-corrected chi connectivity index (χ2v) is 5.46. The van der Waals surface area contributed by atoms with E-state index in [-0.39, 0.29) is 6.10 Å². The van der Waals surface area contributed by atoms with Crippen molar-refractivity contribution in [3.05, 3.63) is 35.9 Å². The molecule has 1 rings (SSSR count).